The molecule has 1 fully saturated rings. The molecule has 1 saturated carbocycles. The molecule has 0 amide bonds. The third kappa shape index (κ3) is 3.21. The molecule has 3 rings (SSSR count). The topological polar surface area (TPSA) is 30.7 Å². The van der Waals surface area contributed by atoms with Crippen molar-refractivity contribution in [2.24, 2.45) is 23.2 Å². The number of hydrogen-bond acceptors (Lipinski definition) is 2. The van der Waals surface area contributed by atoms with Gasteiger partial charge in [0.25, 0.3) is 0 Å². The van der Waals surface area contributed by atoms with Gasteiger partial charge < -0.3 is 0 Å². The van der Waals surface area contributed by atoms with Crippen LogP contribution in [0.3, 0.4) is 0 Å². The van der Waals surface area contributed by atoms with E-state index in [1.807, 2.05) is 0 Å². The van der Waals surface area contributed by atoms with Crippen LogP contribution in [-0.4, -0.2) is 15.0 Å². The summed E-state index contributed by atoms with van der Waals surface area (Å²) in [5.41, 5.74) is 3.31. The smallest absolute Gasteiger partial charge is 0.0859 e. The Hall–Kier alpha value is -0.860. The van der Waals surface area contributed by atoms with Crippen molar-refractivity contribution < 1.29 is 0 Å². The highest BCUT2D eigenvalue weighted by Gasteiger charge is 2.51. The monoisotopic (exact) mass is 317 g/mol. The van der Waals surface area contributed by atoms with Crippen molar-refractivity contribution in [2.75, 3.05) is 0 Å². The number of nitrogens with zero attached hydrogens (tertiary/aromatic N) is 3. The summed E-state index contributed by atoms with van der Waals surface area (Å²) in [4.78, 5) is 0. The van der Waals surface area contributed by atoms with Crippen LogP contribution in [0, 0.1) is 23.2 Å². The Morgan fingerprint density at radius 3 is 2.26 bits per heavy atom. The first-order valence-corrected chi connectivity index (χ1v) is 9.73. The first-order valence-electron chi connectivity index (χ1n) is 9.73. The van der Waals surface area contributed by atoms with Gasteiger partial charge in [0.1, 0.15) is 0 Å². The fourth-order valence-corrected chi connectivity index (χ4v) is 4.49. The highest BCUT2D eigenvalue weighted by molar-refractivity contribution is 5.16. The summed E-state index contributed by atoms with van der Waals surface area (Å²) in [6.45, 7) is 14.0. The number of aryl methyl sites for hydroxylation is 1. The maximum Gasteiger partial charge on any atom is 0.0859 e. The molecule has 0 unspecified atom stereocenters. The van der Waals surface area contributed by atoms with Crippen LogP contribution in [-0.2, 0) is 18.4 Å². The second kappa shape index (κ2) is 5.89. The van der Waals surface area contributed by atoms with E-state index < -0.39 is 0 Å². The molecule has 2 aliphatic carbocycles. The van der Waals surface area contributed by atoms with Crippen LogP contribution in [0.2, 0.25) is 0 Å². The highest BCUT2D eigenvalue weighted by Crippen LogP contribution is 2.57. The molecule has 23 heavy (non-hydrogen) atoms. The van der Waals surface area contributed by atoms with Crippen molar-refractivity contribution in [1.29, 1.82) is 0 Å². The van der Waals surface area contributed by atoms with Gasteiger partial charge in [0.2, 0.25) is 0 Å². The molecule has 0 saturated heterocycles. The van der Waals surface area contributed by atoms with E-state index in [1.54, 1.807) is 0 Å². The van der Waals surface area contributed by atoms with Crippen LogP contribution in [0.4, 0.5) is 0 Å². The zero-order chi connectivity index (χ0) is 16.8. The average molecular weight is 318 g/mol. The van der Waals surface area contributed by atoms with E-state index in [9.17, 15) is 0 Å². The molecule has 3 nitrogen and oxygen atoms in total. The number of fused-ring (bicyclic) bond motifs is 2. The fourth-order valence-electron chi connectivity index (χ4n) is 4.49. The third-order valence-electron chi connectivity index (χ3n) is 6.97. The zero-order valence-electron chi connectivity index (χ0n) is 16.0. The molecule has 1 aromatic heterocycles. The van der Waals surface area contributed by atoms with Crippen LogP contribution in [0.5, 0.6) is 0 Å². The average Bonchev–Trinajstić information content (AvgIpc) is 2.92. The predicted molar refractivity (Wildman–Crippen MR) is 95.4 cm³/mol. The van der Waals surface area contributed by atoms with Crippen molar-refractivity contribution >= 4 is 0 Å². The predicted octanol–water partition coefficient (Wildman–Crippen LogP) is 4.99. The Morgan fingerprint density at radius 2 is 1.65 bits per heavy atom. The second-order valence-corrected chi connectivity index (χ2v) is 9.35. The molecular weight excluding hydrogens is 282 g/mol. The summed E-state index contributed by atoms with van der Waals surface area (Å²) in [6, 6.07) is 0. The zero-order valence-corrected chi connectivity index (χ0v) is 16.0. The van der Waals surface area contributed by atoms with Crippen LogP contribution in [0.1, 0.15) is 85.0 Å². The summed E-state index contributed by atoms with van der Waals surface area (Å²) in [5, 5.41) is 9.08. The number of rotatable bonds is 5. The first-order chi connectivity index (χ1) is 10.8. The quantitative estimate of drug-likeness (QED) is 0.766. The lowest BCUT2D eigenvalue weighted by Crippen LogP contribution is -2.29. The molecule has 130 valence electrons. The van der Waals surface area contributed by atoms with Crippen molar-refractivity contribution in [3.63, 3.8) is 0 Å². The maximum atomic E-state index is 4.55. The van der Waals surface area contributed by atoms with E-state index in [0.717, 1.165) is 30.6 Å². The second-order valence-electron chi connectivity index (χ2n) is 9.35. The van der Waals surface area contributed by atoms with Crippen molar-refractivity contribution in [2.45, 2.75) is 92.0 Å². The Kier molecular flexibility index (Phi) is 4.35. The molecule has 3 atom stereocenters. The van der Waals surface area contributed by atoms with Gasteiger partial charge in [0, 0.05) is 0 Å². The van der Waals surface area contributed by atoms with E-state index in [1.165, 1.54) is 43.5 Å². The van der Waals surface area contributed by atoms with Crippen molar-refractivity contribution in [3.8, 4) is 0 Å². The highest BCUT2D eigenvalue weighted by atomic mass is 15.5. The Morgan fingerprint density at radius 1 is 1.00 bits per heavy atom. The Bertz CT molecular complexity index is 555. The van der Waals surface area contributed by atoms with Gasteiger partial charge in [-0.2, -0.15) is 0 Å². The standard InChI is InChI=1S/C20H35N3/c1-7-19(3,4)13-16-14-9-11-17-18(12-10-15(14)16)23(22-21-17)20(5,6)8-2/h14-16H,7-13H2,1-6H3/t14-,15+,16-/m0/s1. The van der Waals surface area contributed by atoms with Gasteiger partial charge in [-0.3, -0.25) is 0 Å². The van der Waals surface area contributed by atoms with Gasteiger partial charge >= 0.3 is 0 Å². The lowest BCUT2D eigenvalue weighted by atomic mass is 9.83. The van der Waals surface area contributed by atoms with Crippen molar-refractivity contribution in [3.05, 3.63) is 11.4 Å². The molecule has 0 aliphatic heterocycles. The largest absolute Gasteiger partial charge is 0.244 e. The van der Waals surface area contributed by atoms with Gasteiger partial charge in [-0.05, 0) is 75.5 Å². The van der Waals surface area contributed by atoms with Crippen molar-refractivity contribution in [1.82, 2.24) is 15.0 Å². The molecule has 0 spiro atoms. The van der Waals surface area contributed by atoms with E-state index in [2.05, 4.69) is 56.5 Å². The van der Waals surface area contributed by atoms with Crippen LogP contribution in [0.25, 0.3) is 0 Å². The number of hydrogen-bond donors (Lipinski definition) is 0. The van der Waals surface area contributed by atoms with Gasteiger partial charge in [0.15, 0.2) is 0 Å². The summed E-state index contributed by atoms with van der Waals surface area (Å²) in [7, 11) is 0. The normalized spacial score (nSPS) is 27.8. The van der Waals surface area contributed by atoms with E-state index >= 15 is 0 Å². The molecule has 2 aliphatic rings. The first kappa shape index (κ1) is 17.0. The Balaban J connectivity index is 1.72. The summed E-state index contributed by atoms with van der Waals surface area (Å²) < 4.78 is 2.23. The Labute approximate surface area is 142 Å². The van der Waals surface area contributed by atoms with E-state index in [0.29, 0.717) is 5.41 Å². The van der Waals surface area contributed by atoms with Crippen LogP contribution in [0.15, 0.2) is 0 Å². The van der Waals surface area contributed by atoms with Gasteiger partial charge in [-0.1, -0.05) is 39.3 Å². The maximum absolute atomic E-state index is 4.55. The number of aromatic nitrogens is 3. The minimum Gasteiger partial charge on any atom is -0.244 e. The van der Waals surface area contributed by atoms with Crippen LogP contribution >= 0.6 is 0 Å². The summed E-state index contributed by atoms with van der Waals surface area (Å²) in [5.74, 6) is 2.88. The minimum atomic E-state index is 0.0896. The molecule has 1 heterocycles. The lowest BCUT2D eigenvalue weighted by molar-refractivity contribution is 0.285. The van der Waals surface area contributed by atoms with Gasteiger partial charge in [0.05, 0.1) is 16.9 Å². The molecule has 0 N–H and O–H groups in total. The summed E-state index contributed by atoms with van der Waals surface area (Å²) >= 11 is 0. The summed E-state index contributed by atoms with van der Waals surface area (Å²) in [6.07, 6.45) is 8.79. The van der Waals surface area contributed by atoms with Gasteiger partial charge in [-0.15, -0.1) is 5.10 Å². The van der Waals surface area contributed by atoms with Gasteiger partial charge in [-0.25, -0.2) is 4.68 Å². The van der Waals surface area contributed by atoms with E-state index in [4.69, 9.17) is 0 Å². The van der Waals surface area contributed by atoms with E-state index in [-0.39, 0.29) is 5.54 Å². The molecule has 1 aromatic rings. The fraction of sp³-hybridized carbons (Fsp3) is 0.900. The molecule has 3 heteroatoms. The lowest BCUT2D eigenvalue weighted by Gasteiger charge is -2.25. The third-order valence-corrected chi connectivity index (χ3v) is 6.97. The van der Waals surface area contributed by atoms with Crippen LogP contribution < -0.4 is 0 Å². The SMILES string of the molecule is CCC(C)(C)C[C@@H]1[C@@H]2CCc3c(nnn3C(C)(C)CC)CC[C@@H]21. The molecule has 0 aromatic carbocycles. The molecule has 0 radical (unpaired) electrons. The molecular formula is C20H35N3. The molecule has 0 bridgehead atoms. The minimum absolute atomic E-state index is 0.0896.